The minimum atomic E-state index is -2.68. The van der Waals surface area contributed by atoms with Gasteiger partial charge in [0.2, 0.25) is 0 Å². The molecule has 0 fully saturated rings. The number of nitrogens with zero attached hydrogens (tertiary/aromatic N) is 1. The lowest BCUT2D eigenvalue weighted by atomic mass is 10.2. The second kappa shape index (κ2) is 3.54. The number of pyridine rings is 1. The normalized spacial score (nSPS) is 10.8. The Balaban J connectivity index is 3.33. The average molecular weight is 212 g/mol. The van der Waals surface area contributed by atoms with Crippen molar-refractivity contribution in [2.75, 3.05) is 0 Å². The van der Waals surface area contributed by atoms with Crippen LogP contribution in [0, 0.1) is 6.92 Å². The summed E-state index contributed by atoms with van der Waals surface area (Å²) in [5.41, 5.74) is 0.106. The van der Waals surface area contributed by atoms with Crippen LogP contribution in [0.5, 0.6) is 0 Å². The summed E-state index contributed by atoms with van der Waals surface area (Å²) in [5, 5.41) is -0.245. The lowest BCUT2D eigenvalue weighted by molar-refractivity contribution is 0.151. The second-order valence-corrected chi connectivity index (χ2v) is 3.00. The number of aromatic nitrogens is 1. The van der Waals surface area contributed by atoms with Gasteiger partial charge in [0, 0.05) is 6.20 Å². The van der Waals surface area contributed by atoms with E-state index in [0.717, 1.165) is 0 Å². The monoisotopic (exact) mass is 211 g/mol. The van der Waals surface area contributed by atoms with Gasteiger partial charge in [-0.2, -0.15) is 0 Å². The third-order valence-corrected chi connectivity index (χ3v) is 2.20. The van der Waals surface area contributed by atoms with Crippen molar-refractivity contribution < 1.29 is 8.78 Å². The number of aryl methyl sites for hydroxylation is 1. The lowest BCUT2D eigenvalue weighted by Crippen LogP contribution is -1.93. The van der Waals surface area contributed by atoms with Crippen LogP contribution >= 0.6 is 23.2 Å². The third kappa shape index (κ3) is 1.67. The smallest absolute Gasteiger partial charge is 0.244 e. The van der Waals surface area contributed by atoms with E-state index in [1.807, 2.05) is 0 Å². The SMILES string of the molecule is Cc1cnc(Cl)c(C(F)F)c1Cl. The van der Waals surface area contributed by atoms with E-state index >= 15 is 0 Å². The average Bonchev–Trinajstić information content (AvgIpc) is 1.97. The van der Waals surface area contributed by atoms with Gasteiger partial charge in [0.25, 0.3) is 6.43 Å². The molecular weight excluding hydrogens is 207 g/mol. The molecule has 0 bridgehead atoms. The zero-order valence-corrected chi connectivity index (χ0v) is 7.63. The molecule has 1 rings (SSSR count). The molecule has 0 N–H and O–H groups in total. The summed E-state index contributed by atoms with van der Waals surface area (Å²) < 4.78 is 24.5. The Labute approximate surface area is 78.3 Å². The Kier molecular flexibility index (Phi) is 2.85. The highest BCUT2D eigenvalue weighted by atomic mass is 35.5. The van der Waals surface area contributed by atoms with Crippen LogP contribution in [0.2, 0.25) is 10.2 Å². The van der Waals surface area contributed by atoms with Crippen molar-refractivity contribution in [3.8, 4) is 0 Å². The van der Waals surface area contributed by atoms with Gasteiger partial charge in [0.1, 0.15) is 5.15 Å². The topological polar surface area (TPSA) is 12.9 Å². The van der Waals surface area contributed by atoms with E-state index in [0.29, 0.717) is 5.56 Å². The van der Waals surface area contributed by atoms with E-state index < -0.39 is 12.0 Å². The minimum Gasteiger partial charge on any atom is -0.244 e. The summed E-state index contributed by atoms with van der Waals surface area (Å²) in [6, 6.07) is 0. The molecule has 1 nitrogen and oxygen atoms in total. The molecule has 0 saturated carbocycles. The Bertz CT molecular complexity index is 302. The van der Waals surface area contributed by atoms with Crippen LogP contribution in [-0.2, 0) is 0 Å². The third-order valence-electron chi connectivity index (χ3n) is 1.39. The summed E-state index contributed by atoms with van der Waals surface area (Å²) in [5.74, 6) is 0. The lowest BCUT2D eigenvalue weighted by Gasteiger charge is -2.06. The van der Waals surface area contributed by atoms with Gasteiger partial charge >= 0.3 is 0 Å². The largest absolute Gasteiger partial charge is 0.268 e. The minimum absolute atomic E-state index is 0.00926. The predicted molar refractivity (Wildman–Crippen MR) is 44.0 cm³/mol. The van der Waals surface area contributed by atoms with Gasteiger partial charge in [-0.1, -0.05) is 23.2 Å². The molecule has 5 heteroatoms. The number of hydrogen-bond donors (Lipinski definition) is 0. The summed E-state index contributed by atoms with van der Waals surface area (Å²) in [7, 11) is 0. The molecule has 0 atom stereocenters. The fourth-order valence-corrected chi connectivity index (χ4v) is 1.26. The van der Waals surface area contributed by atoms with E-state index in [-0.39, 0.29) is 10.2 Å². The van der Waals surface area contributed by atoms with E-state index in [9.17, 15) is 8.78 Å². The van der Waals surface area contributed by atoms with Gasteiger partial charge < -0.3 is 0 Å². The summed E-state index contributed by atoms with van der Waals surface area (Å²) in [6.45, 7) is 1.59. The van der Waals surface area contributed by atoms with Crippen molar-refractivity contribution >= 4 is 23.2 Å². The molecule has 0 unspecified atom stereocenters. The van der Waals surface area contributed by atoms with E-state index in [1.165, 1.54) is 6.20 Å². The standard InChI is InChI=1S/C7H5Cl2F2N/c1-3-2-12-6(9)4(5(3)8)7(10)11/h2,7H,1H3. The first kappa shape index (κ1) is 9.68. The van der Waals surface area contributed by atoms with Crippen LogP contribution in [0.3, 0.4) is 0 Å². The van der Waals surface area contributed by atoms with Crippen molar-refractivity contribution in [1.29, 1.82) is 0 Å². The molecule has 0 saturated heterocycles. The van der Waals surface area contributed by atoms with Crippen molar-refractivity contribution in [3.05, 3.63) is 27.5 Å². The highest BCUT2D eigenvalue weighted by Gasteiger charge is 2.18. The fraction of sp³-hybridized carbons (Fsp3) is 0.286. The summed E-state index contributed by atoms with van der Waals surface area (Å²) in [4.78, 5) is 3.56. The van der Waals surface area contributed by atoms with Crippen molar-refractivity contribution in [2.45, 2.75) is 13.3 Å². The Morgan fingerprint density at radius 3 is 2.42 bits per heavy atom. The first-order valence-corrected chi connectivity index (χ1v) is 3.88. The molecule has 1 aromatic rings. The van der Waals surface area contributed by atoms with E-state index in [2.05, 4.69) is 4.98 Å². The predicted octanol–water partition coefficient (Wildman–Crippen LogP) is 3.63. The Morgan fingerprint density at radius 2 is 2.00 bits per heavy atom. The second-order valence-electron chi connectivity index (χ2n) is 2.26. The highest BCUT2D eigenvalue weighted by Crippen LogP contribution is 2.33. The molecule has 0 radical (unpaired) electrons. The van der Waals surface area contributed by atoms with Crippen LogP contribution < -0.4 is 0 Å². The van der Waals surface area contributed by atoms with Crippen LogP contribution in [-0.4, -0.2) is 4.98 Å². The maximum Gasteiger partial charge on any atom is 0.268 e. The van der Waals surface area contributed by atoms with Crippen LogP contribution in [0.1, 0.15) is 17.6 Å². The molecule has 0 aliphatic heterocycles. The number of rotatable bonds is 1. The maximum absolute atomic E-state index is 12.3. The molecule has 1 heterocycles. The van der Waals surface area contributed by atoms with Crippen molar-refractivity contribution in [2.24, 2.45) is 0 Å². The number of hydrogen-bond acceptors (Lipinski definition) is 1. The summed E-state index contributed by atoms with van der Waals surface area (Å²) >= 11 is 11.0. The van der Waals surface area contributed by atoms with Crippen LogP contribution in [0.25, 0.3) is 0 Å². The molecule has 1 aromatic heterocycles. The van der Waals surface area contributed by atoms with Crippen molar-refractivity contribution in [1.82, 2.24) is 4.98 Å². The molecule has 0 aliphatic carbocycles. The molecule has 0 spiro atoms. The van der Waals surface area contributed by atoms with E-state index in [1.54, 1.807) is 6.92 Å². The van der Waals surface area contributed by atoms with E-state index in [4.69, 9.17) is 23.2 Å². The molecule has 12 heavy (non-hydrogen) atoms. The highest BCUT2D eigenvalue weighted by molar-refractivity contribution is 6.35. The van der Waals surface area contributed by atoms with Crippen molar-refractivity contribution in [3.63, 3.8) is 0 Å². The molecule has 0 aromatic carbocycles. The molecule has 0 aliphatic rings. The quantitative estimate of drug-likeness (QED) is 0.647. The van der Waals surface area contributed by atoms with Gasteiger partial charge in [-0.3, -0.25) is 0 Å². The zero-order chi connectivity index (χ0) is 9.30. The van der Waals surface area contributed by atoms with Crippen LogP contribution in [0.15, 0.2) is 6.20 Å². The molecule has 66 valence electrons. The Morgan fingerprint density at radius 1 is 1.42 bits per heavy atom. The zero-order valence-electron chi connectivity index (χ0n) is 6.11. The molecular formula is C7H5Cl2F2N. The van der Waals surface area contributed by atoms with Crippen LogP contribution in [0.4, 0.5) is 8.78 Å². The maximum atomic E-state index is 12.3. The fourth-order valence-electron chi connectivity index (χ4n) is 0.769. The van der Waals surface area contributed by atoms with Gasteiger partial charge in [-0.05, 0) is 12.5 Å². The van der Waals surface area contributed by atoms with Gasteiger partial charge in [-0.25, -0.2) is 13.8 Å². The summed E-state index contributed by atoms with van der Waals surface area (Å²) in [6.07, 6.45) is -1.33. The number of alkyl halides is 2. The number of halogens is 4. The molecule has 0 amide bonds. The van der Waals surface area contributed by atoms with Gasteiger partial charge in [0.05, 0.1) is 10.6 Å². The first-order valence-electron chi connectivity index (χ1n) is 3.12. The van der Waals surface area contributed by atoms with Gasteiger partial charge in [0.15, 0.2) is 0 Å². The Hall–Kier alpha value is -0.410. The first-order chi connectivity index (χ1) is 5.54. The van der Waals surface area contributed by atoms with Gasteiger partial charge in [-0.15, -0.1) is 0 Å².